The molecule has 0 fully saturated rings. The van der Waals surface area contributed by atoms with Crippen molar-refractivity contribution in [1.82, 2.24) is 25.9 Å². The number of carbonyl (C=O) groups excluding carboxylic acids is 3. The maximum atomic E-state index is 13.0. The fourth-order valence-electron chi connectivity index (χ4n) is 2.72. The van der Waals surface area contributed by atoms with Gasteiger partial charge in [0.15, 0.2) is 0 Å². The summed E-state index contributed by atoms with van der Waals surface area (Å²) in [5.74, 6) is -2.68. The van der Waals surface area contributed by atoms with Gasteiger partial charge in [-0.25, -0.2) is 9.78 Å². The average molecular weight is 489 g/mol. The summed E-state index contributed by atoms with van der Waals surface area (Å²) >= 11 is 5.50. The topological polar surface area (TPSA) is 179 Å². The lowest BCUT2D eigenvalue weighted by atomic mass is 10.0. The largest absolute Gasteiger partial charge is 0.480 e. The summed E-state index contributed by atoms with van der Waals surface area (Å²) in [4.78, 5) is 56.1. The zero-order valence-electron chi connectivity index (χ0n) is 18.3. The molecule has 180 valence electrons. The van der Waals surface area contributed by atoms with Gasteiger partial charge < -0.3 is 31.8 Å². The number of carboxylic acid groups (broad SMARTS) is 1. The van der Waals surface area contributed by atoms with Gasteiger partial charge in [-0.05, 0) is 24.3 Å². The van der Waals surface area contributed by atoms with E-state index in [2.05, 4.69) is 38.5 Å². The molecule has 0 aliphatic rings. The molecule has 7 N–H and O–H groups in total. The maximum Gasteiger partial charge on any atom is 0.327 e. The Morgan fingerprint density at radius 2 is 1.81 bits per heavy atom. The van der Waals surface area contributed by atoms with Gasteiger partial charge in [-0.1, -0.05) is 13.8 Å². The van der Waals surface area contributed by atoms with Crippen LogP contribution in [0, 0.1) is 5.92 Å². The standard InChI is InChI=1S/C19H32N6O5S2/c1-10(2)15(25-16(26)12(20)4-5-32-3)18(28)23-13(6-11-7-21-9-22-11)17(27)24-14(8-31)19(29)30/h7,9-10,12-15,31H,4-6,8,20H2,1-3H3,(H,21,22)(H,23,28)(H,24,27)(H,25,26)(H,29,30). The first kappa shape index (κ1) is 27.8. The van der Waals surface area contributed by atoms with Crippen LogP contribution in [-0.2, 0) is 25.6 Å². The number of hydrogen-bond acceptors (Lipinski definition) is 8. The molecule has 0 aromatic carbocycles. The number of aromatic amines is 1. The number of aliphatic carboxylic acids is 1. The Bertz CT molecular complexity index is 761. The van der Waals surface area contributed by atoms with Gasteiger partial charge in [-0.3, -0.25) is 14.4 Å². The zero-order chi connectivity index (χ0) is 24.3. The Labute approximate surface area is 196 Å². The van der Waals surface area contributed by atoms with Crippen LogP contribution < -0.4 is 21.7 Å². The summed E-state index contributed by atoms with van der Waals surface area (Å²) < 4.78 is 0. The number of H-pyrrole nitrogens is 1. The summed E-state index contributed by atoms with van der Waals surface area (Å²) in [6, 6.07) is -4.01. The Morgan fingerprint density at radius 3 is 2.31 bits per heavy atom. The van der Waals surface area contributed by atoms with Gasteiger partial charge >= 0.3 is 5.97 Å². The van der Waals surface area contributed by atoms with Gasteiger partial charge in [-0.15, -0.1) is 0 Å². The lowest BCUT2D eigenvalue weighted by molar-refractivity contribution is -0.141. The van der Waals surface area contributed by atoms with Gasteiger partial charge in [0, 0.05) is 24.1 Å². The first-order valence-electron chi connectivity index (χ1n) is 10.1. The molecule has 0 saturated carbocycles. The predicted octanol–water partition coefficient (Wildman–Crippen LogP) is -0.843. The number of hydrogen-bond donors (Lipinski definition) is 7. The molecule has 1 rings (SSSR count). The summed E-state index contributed by atoms with van der Waals surface area (Å²) in [7, 11) is 0. The molecule has 4 atom stereocenters. The van der Waals surface area contributed by atoms with Crippen molar-refractivity contribution in [2.24, 2.45) is 11.7 Å². The highest BCUT2D eigenvalue weighted by molar-refractivity contribution is 7.98. The fourth-order valence-corrected chi connectivity index (χ4v) is 3.45. The first-order valence-corrected chi connectivity index (χ1v) is 12.1. The van der Waals surface area contributed by atoms with Crippen LogP contribution in [0.3, 0.4) is 0 Å². The summed E-state index contributed by atoms with van der Waals surface area (Å²) in [5.41, 5.74) is 6.46. The molecule has 1 aromatic heterocycles. The van der Waals surface area contributed by atoms with Crippen molar-refractivity contribution in [1.29, 1.82) is 0 Å². The number of thioether (sulfide) groups is 1. The highest BCUT2D eigenvalue weighted by Crippen LogP contribution is 2.07. The molecule has 0 aliphatic carbocycles. The molecule has 0 bridgehead atoms. The quantitative estimate of drug-likeness (QED) is 0.166. The van der Waals surface area contributed by atoms with Crippen molar-refractivity contribution >= 4 is 48.1 Å². The predicted molar refractivity (Wildman–Crippen MR) is 125 cm³/mol. The van der Waals surface area contributed by atoms with E-state index in [1.54, 1.807) is 25.6 Å². The highest BCUT2D eigenvalue weighted by atomic mass is 32.2. The minimum atomic E-state index is -1.24. The number of carboxylic acids is 1. The van der Waals surface area contributed by atoms with Crippen molar-refractivity contribution in [2.75, 3.05) is 17.8 Å². The molecule has 0 aliphatic heterocycles. The molecule has 0 spiro atoms. The number of nitrogens with zero attached hydrogens (tertiary/aromatic N) is 1. The van der Waals surface area contributed by atoms with Crippen molar-refractivity contribution in [3.05, 3.63) is 18.2 Å². The molecular formula is C19H32N6O5S2. The van der Waals surface area contributed by atoms with Crippen molar-refractivity contribution in [3.8, 4) is 0 Å². The minimum Gasteiger partial charge on any atom is -0.480 e. The van der Waals surface area contributed by atoms with E-state index in [1.807, 2.05) is 6.26 Å². The van der Waals surface area contributed by atoms with Gasteiger partial charge in [0.05, 0.1) is 12.4 Å². The summed E-state index contributed by atoms with van der Waals surface area (Å²) in [6.45, 7) is 3.51. The summed E-state index contributed by atoms with van der Waals surface area (Å²) in [6.07, 6.45) is 5.33. The number of rotatable bonds is 14. The third-order valence-electron chi connectivity index (χ3n) is 4.63. The lowest BCUT2D eigenvalue weighted by Crippen LogP contribution is -2.59. The van der Waals surface area contributed by atoms with Gasteiger partial charge in [0.25, 0.3) is 0 Å². The van der Waals surface area contributed by atoms with E-state index in [9.17, 15) is 24.3 Å². The second-order valence-electron chi connectivity index (χ2n) is 7.54. The fraction of sp³-hybridized carbons (Fsp3) is 0.632. The molecule has 11 nitrogen and oxygen atoms in total. The maximum absolute atomic E-state index is 13.0. The molecule has 4 unspecified atom stereocenters. The van der Waals surface area contributed by atoms with E-state index in [0.717, 1.165) is 0 Å². The van der Waals surface area contributed by atoms with Crippen LogP contribution in [0.4, 0.5) is 0 Å². The van der Waals surface area contributed by atoms with Gasteiger partial charge in [-0.2, -0.15) is 24.4 Å². The molecule has 32 heavy (non-hydrogen) atoms. The van der Waals surface area contributed by atoms with Crippen LogP contribution in [0.15, 0.2) is 12.5 Å². The Morgan fingerprint density at radius 1 is 1.16 bits per heavy atom. The van der Waals surface area contributed by atoms with Crippen LogP contribution >= 0.6 is 24.4 Å². The number of aromatic nitrogens is 2. The number of amides is 3. The number of nitrogens with one attached hydrogen (secondary N) is 4. The van der Waals surface area contributed by atoms with Crippen LogP contribution in [0.1, 0.15) is 26.0 Å². The molecule has 0 saturated heterocycles. The molecular weight excluding hydrogens is 456 g/mol. The average Bonchev–Trinajstić information content (AvgIpc) is 3.25. The Kier molecular flexibility index (Phi) is 12.2. The number of imidazole rings is 1. The normalized spacial score (nSPS) is 14.8. The molecule has 0 radical (unpaired) electrons. The van der Waals surface area contributed by atoms with E-state index < -0.39 is 47.9 Å². The van der Waals surface area contributed by atoms with E-state index >= 15 is 0 Å². The second-order valence-corrected chi connectivity index (χ2v) is 8.89. The number of thiol groups is 1. The van der Waals surface area contributed by atoms with Crippen molar-refractivity contribution < 1.29 is 24.3 Å². The van der Waals surface area contributed by atoms with Crippen LogP contribution in [0.25, 0.3) is 0 Å². The molecule has 3 amide bonds. The van der Waals surface area contributed by atoms with Crippen molar-refractivity contribution in [2.45, 2.75) is 50.9 Å². The van der Waals surface area contributed by atoms with E-state index in [1.165, 1.54) is 12.5 Å². The second kappa shape index (κ2) is 14.0. The Balaban J connectivity index is 2.96. The van der Waals surface area contributed by atoms with Crippen LogP contribution in [-0.4, -0.2) is 80.7 Å². The minimum absolute atomic E-state index is 0.0441. The van der Waals surface area contributed by atoms with Crippen LogP contribution in [0.5, 0.6) is 0 Å². The van der Waals surface area contributed by atoms with Gasteiger partial charge in [0.1, 0.15) is 18.1 Å². The third-order valence-corrected chi connectivity index (χ3v) is 5.63. The smallest absolute Gasteiger partial charge is 0.327 e. The summed E-state index contributed by atoms with van der Waals surface area (Å²) in [5, 5.41) is 16.8. The third kappa shape index (κ3) is 9.09. The molecule has 1 aromatic rings. The van der Waals surface area contributed by atoms with Crippen LogP contribution in [0.2, 0.25) is 0 Å². The molecule has 1 heterocycles. The molecule has 13 heteroatoms. The first-order chi connectivity index (χ1) is 15.1. The number of carbonyl (C=O) groups is 4. The SMILES string of the molecule is CSCCC(N)C(=O)NC(C(=O)NC(Cc1cnc[nH]1)C(=O)NC(CS)C(=O)O)C(C)C. The number of nitrogens with two attached hydrogens (primary N) is 1. The lowest BCUT2D eigenvalue weighted by Gasteiger charge is -2.26. The zero-order valence-corrected chi connectivity index (χ0v) is 20.0. The Hall–Kier alpha value is -2.25. The van der Waals surface area contributed by atoms with E-state index in [-0.39, 0.29) is 18.1 Å². The van der Waals surface area contributed by atoms with Gasteiger partial charge in [0.2, 0.25) is 17.7 Å². The monoisotopic (exact) mass is 488 g/mol. The highest BCUT2D eigenvalue weighted by Gasteiger charge is 2.31. The van der Waals surface area contributed by atoms with Crippen molar-refractivity contribution in [3.63, 3.8) is 0 Å². The van der Waals surface area contributed by atoms with E-state index in [0.29, 0.717) is 17.9 Å². The van der Waals surface area contributed by atoms with E-state index in [4.69, 9.17) is 5.73 Å².